The van der Waals surface area contributed by atoms with E-state index in [9.17, 15) is 9.59 Å². The number of nitrogens with one attached hydrogen (secondary N) is 1. The van der Waals surface area contributed by atoms with Crippen LogP contribution in [0.15, 0.2) is 27.8 Å². The molecule has 0 radical (unpaired) electrons. The van der Waals surface area contributed by atoms with E-state index in [0.717, 1.165) is 31.1 Å². The van der Waals surface area contributed by atoms with E-state index < -0.39 is 0 Å². The molecule has 148 valence electrons. The molecule has 0 spiro atoms. The van der Waals surface area contributed by atoms with E-state index in [2.05, 4.69) is 48.9 Å². The standard InChI is InChI=1S/C21H27N5O2/c1-6-9-24-19(27)17-18(23(5)21(24)28)22-20-25(11-13(2)12-26(17)20)16-8-7-14(3)15(4)10-16/h7-8,10,13H,6,9,11-12H2,1-5H3/p+1/t13-/m1/s1. The molecule has 0 fully saturated rings. The van der Waals surface area contributed by atoms with Crippen molar-refractivity contribution in [2.75, 3.05) is 11.4 Å². The predicted octanol–water partition coefficient (Wildman–Crippen LogP) is 2.13. The van der Waals surface area contributed by atoms with Gasteiger partial charge >= 0.3 is 11.6 Å². The van der Waals surface area contributed by atoms with Crippen molar-refractivity contribution in [1.82, 2.24) is 14.1 Å². The van der Waals surface area contributed by atoms with Crippen molar-refractivity contribution in [2.24, 2.45) is 13.0 Å². The van der Waals surface area contributed by atoms with E-state index >= 15 is 0 Å². The molecule has 0 saturated heterocycles. The van der Waals surface area contributed by atoms with Crippen molar-refractivity contribution in [3.05, 3.63) is 50.2 Å². The highest BCUT2D eigenvalue weighted by molar-refractivity contribution is 5.70. The number of rotatable bonds is 3. The van der Waals surface area contributed by atoms with Crippen molar-refractivity contribution in [3.63, 3.8) is 0 Å². The van der Waals surface area contributed by atoms with Gasteiger partial charge in [0.25, 0.3) is 5.56 Å². The van der Waals surface area contributed by atoms with E-state index in [1.807, 2.05) is 11.5 Å². The summed E-state index contributed by atoms with van der Waals surface area (Å²) in [5.41, 5.74) is 4.25. The molecule has 3 heterocycles. The number of hydrogen-bond acceptors (Lipinski definition) is 3. The Kier molecular flexibility index (Phi) is 4.40. The first kappa shape index (κ1) is 18.5. The maximum Gasteiger partial charge on any atom is 0.364 e. The van der Waals surface area contributed by atoms with Crippen LogP contribution in [-0.4, -0.2) is 20.7 Å². The summed E-state index contributed by atoms with van der Waals surface area (Å²) in [6.07, 6.45) is 0.739. The average Bonchev–Trinajstić information content (AvgIpc) is 3.04. The van der Waals surface area contributed by atoms with Gasteiger partial charge in [-0.05, 0) is 43.5 Å². The van der Waals surface area contributed by atoms with Crippen LogP contribution >= 0.6 is 0 Å². The smallest absolute Gasteiger partial charge is 0.267 e. The number of aromatic amines is 1. The van der Waals surface area contributed by atoms with Crippen molar-refractivity contribution in [3.8, 4) is 0 Å². The normalized spacial score (nSPS) is 16.6. The van der Waals surface area contributed by atoms with E-state index in [1.54, 1.807) is 11.6 Å². The zero-order valence-electron chi connectivity index (χ0n) is 17.2. The van der Waals surface area contributed by atoms with Crippen LogP contribution in [0.1, 0.15) is 31.4 Å². The average molecular weight is 382 g/mol. The molecule has 1 aliphatic rings. The lowest BCUT2D eigenvalue weighted by molar-refractivity contribution is -0.669. The molecular formula is C21H28N5O2+. The highest BCUT2D eigenvalue weighted by Gasteiger charge is 2.36. The number of aromatic nitrogens is 4. The summed E-state index contributed by atoms with van der Waals surface area (Å²) in [4.78, 5) is 31.4. The number of benzene rings is 1. The van der Waals surface area contributed by atoms with Crippen molar-refractivity contribution in [1.29, 1.82) is 0 Å². The summed E-state index contributed by atoms with van der Waals surface area (Å²) in [6.45, 7) is 10.4. The molecule has 7 nitrogen and oxygen atoms in total. The van der Waals surface area contributed by atoms with E-state index in [1.165, 1.54) is 15.7 Å². The minimum absolute atomic E-state index is 0.211. The van der Waals surface area contributed by atoms with Crippen LogP contribution < -0.4 is 20.7 Å². The summed E-state index contributed by atoms with van der Waals surface area (Å²) in [7, 11) is 1.72. The Morgan fingerprint density at radius 3 is 2.64 bits per heavy atom. The van der Waals surface area contributed by atoms with Crippen LogP contribution in [0.3, 0.4) is 0 Å². The molecule has 3 aromatic rings. The Labute approximate surface area is 163 Å². The number of H-pyrrole nitrogens is 1. The Morgan fingerprint density at radius 2 is 1.96 bits per heavy atom. The number of anilines is 2. The highest BCUT2D eigenvalue weighted by atomic mass is 16.2. The number of fused-ring (bicyclic) bond motifs is 3. The first-order valence-electron chi connectivity index (χ1n) is 9.93. The van der Waals surface area contributed by atoms with Gasteiger partial charge in [-0.3, -0.25) is 13.9 Å². The molecule has 1 aliphatic heterocycles. The maximum absolute atomic E-state index is 13.2. The fourth-order valence-corrected chi connectivity index (χ4v) is 4.12. The van der Waals surface area contributed by atoms with Crippen LogP contribution in [0.25, 0.3) is 11.2 Å². The number of nitrogens with zero attached hydrogens (tertiary/aromatic N) is 4. The van der Waals surface area contributed by atoms with Crippen LogP contribution in [0.2, 0.25) is 0 Å². The largest absolute Gasteiger partial charge is 0.364 e. The number of hydrogen-bond donors (Lipinski definition) is 1. The molecule has 0 saturated carbocycles. The Bertz CT molecular complexity index is 1180. The van der Waals surface area contributed by atoms with E-state index in [0.29, 0.717) is 23.6 Å². The summed E-state index contributed by atoms with van der Waals surface area (Å²) in [5.74, 6) is 1.23. The highest BCUT2D eigenvalue weighted by Crippen LogP contribution is 2.29. The molecule has 1 N–H and O–H groups in total. The topological polar surface area (TPSA) is 66.9 Å². The number of aryl methyl sites for hydroxylation is 3. The molecule has 0 bridgehead atoms. The monoisotopic (exact) mass is 382 g/mol. The van der Waals surface area contributed by atoms with Gasteiger partial charge in [0.05, 0.1) is 13.1 Å². The van der Waals surface area contributed by atoms with Gasteiger partial charge in [0, 0.05) is 19.5 Å². The minimum atomic E-state index is -0.274. The number of imidazole rings is 1. The third kappa shape index (κ3) is 2.68. The lowest BCUT2D eigenvalue weighted by Gasteiger charge is -2.26. The van der Waals surface area contributed by atoms with Crippen molar-refractivity contribution >= 4 is 22.8 Å². The second-order valence-electron chi connectivity index (χ2n) is 8.04. The summed E-state index contributed by atoms with van der Waals surface area (Å²) < 4.78 is 4.96. The summed E-state index contributed by atoms with van der Waals surface area (Å²) >= 11 is 0. The third-order valence-corrected chi connectivity index (χ3v) is 5.77. The van der Waals surface area contributed by atoms with Crippen molar-refractivity contribution < 1.29 is 4.57 Å². The van der Waals surface area contributed by atoms with Gasteiger partial charge < -0.3 is 0 Å². The van der Waals surface area contributed by atoms with Gasteiger partial charge in [0.15, 0.2) is 0 Å². The van der Waals surface area contributed by atoms with Crippen LogP contribution in [-0.2, 0) is 20.1 Å². The lowest BCUT2D eigenvalue weighted by Crippen LogP contribution is -2.52. The van der Waals surface area contributed by atoms with Gasteiger partial charge in [-0.2, -0.15) is 0 Å². The fourth-order valence-electron chi connectivity index (χ4n) is 4.12. The Balaban J connectivity index is 2.00. The van der Waals surface area contributed by atoms with Gasteiger partial charge in [0.2, 0.25) is 11.2 Å². The molecular weight excluding hydrogens is 354 g/mol. The van der Waals surface area contributed by atoms with E-state index in [-0.39, 0.29) is 11.2 Å². The third-order valence-electron chi connectivity index (χ3n) is 5.77. The maximum atomic E-state index is 13.2. The first-order chi connectivity index (χ1) is 13.3. The second kappa shape index (κ2) is 6.65. The first-order valence-corrected chi connectivity index (χ1v) is 9.93. The van der Waals surface area contributed by atoms with Gasteiger partial charge in [-0.25, -0.2) is 19.2 Å². The van der Waals surface area contributed by atoms with Crippen molar-refractivity contribution in [2.45, 2.75) is 47.2 Å². The molecule has 2 aromatic heterocycles. The molecule has 0 unspecified atom stereocenters. The molecule has 28 heavy (non-hydrogen) atoms. The zero-order chi connectivity index (χ0) is 20.2. The molecule has 7 heteroatoms. The lowest BCUT2D eigenvalue weighted by atomic mass is 10.1. The van der Waals surface area contributed by atoms with E-state index in [4.69, 9.17) is 0 Å². The van der Waals surface area contributed by atoms with Crippen LogP contribution in [0, 0.1) is 19.8 Å². The van der Waals surface area contributed by atoms with Crippen LogP contribution in [0.4, 0.5) is 11.6 Å². The van der Waals surface area contributed by atoms with Gasteiger partial charge in [0.1, 0.15) is 5.69 Å². The Morgan fingerprint density at radius 1 is 1.21 bits per heavy atom. The SMILES string of the molecule is CCCn1c(=O)c2c([nH]c3[n+]2C[C@H](C)CN3c2ccc(C)c(C)c2)n(C)c1=O. The van der Waals surface area contributed by atoms with Crippen LogP contribution in [0.5, 0.6) is 0 Å². The predicted molar refractivity (Wildman–Crippen MR) is 110 cm³/mol. The minimum Gasteiger partial charge on any atom is -0.267 e. The van der Waals surface area contributed by atoms with Gasteiger partial charge in [-0.1, -0.05) is 19.9 Å². The quantitative estimate of drug-likeness (QED) is 0.706. The summed E-state index contributed by atoms with van der Waals surface area (Å²) in [6, 6.07) is 6.42. The molecule has 1 aromatic carbocycles. The molecule has 0 amide bonds. The molecule has 4 rings (SSSR count). The summed E-state index contributed by atoms with van der Waals surface area (Å²) in [5, 5.41) is 0. The second-order valence-corrected chi connectivity index (χ2v) is 8.04. The Hall–Kier alpha value is -2.83. The zero-order valence-corrected chi connectivity index (χ0v) is 17.2. The fraction of sp³-hybridized carbons (Fsp3) is 0.476. The molecule has 0 aliphatic carbocycles. The molecule has 1 atom stereocenters. The van der Waals surface area contributed by atoms with Gasteiger partial charge in [-0.15, -0.1) is 0 Å².